The lowest BCUT2D eigenvalue weighted by Crippen LogP contribution is -2.17. The Kier molecular flexibility index (Phi) is 6.97. The first-order valence-electron chi connectivity index (χ1n) is 5.96. The van der Waals surface area contributed by atoms with Gasteiger partial charge in [-0.25, -0.2) is 4.98 Å². The lowest BCUT2D eigenvalue weighted by molar-refractivity contribution is -0.120. The van der Waals surface area contributed by atoms with E-state index < -0.39 is 0 Å². The number of hydrogen-bond donors (Lipinski definition) is 2. The molecule has 6 nitrogen and oxygen atoms in total. The molecule has 96 valence electrons. The summed E-state index contributed by atoms with van der Waals surface area (Å²) >= 11 is 0. The Balaban J connectivity index is 1.83. The zero-order valence-corrected chi connectivity index (χ0v) is 10.2. The number of ether oxygens (including phenoxy) is 1. The van der Waals surface area contributed by atoms with Gasteiger partial charge in [-0.3, -0.25) is 9.89 Å². The number of aromatic amines is 1. The van der Waals surface area contributed by atoms with E-state index in [1.54, 1.807) is 13.4 Å². The highest BCUT2D eigenvalue weighted by molar-refractivity contribution is 5.75. The molecule has 0 aliphatic carbocycles. The summed E-state index contributed by atoms with van der Waals surface area (Å²) in [7, 11) is 1.65. The highest BCUT2D eigenvalue weighted by Crippen LogP contribution is 1.98. The van der Waals surface area contributed by atoms with Crippen LogP contribution in [-0.2, 0) is 16.0 Å². The maximum absolute atomic E-state index is 10.9. The molecule has 6 heteroatoms. The van der Waals surface area contributed by atoms with Gasteiger partial charge in [0.15, 0.2) is 0 Å². The quantitative estimate of drug-likeness (QED) is 0.622. The molecule has 0 unspecified atom stereocenters. The van der Waals surface area contributed by atoms with Gasteiger partial charge in [-0.1, -0.05) is 0 Å². The summed E-state index contributed by atoms with van der Waals surface area (Å²) in [6.45, 7) is 1.43. The van der Waals surface area contributed by atoms with Crippen molar-refractivity contribution in [1.82, 2.24) is 20.5 Å². The van der Waals surface area contributed by atoms with E-state index >= 15 is 0 Å². The van der Waals surface area contributed by atoms with Crippen LogP contribution in [0.1, 0.15) is 31.5 Å². The van der Waals surface area contributed by atoms with Gasteiger partial charge in [0.05, 0.1) is 0 Å². The van der Waals surface area contributed by atoms with Gasteiger partial charge in [0.2, 0.25) is 5.91 Å². The summed E-state index contributed by atoms with van der Waals surface area (Å²) < 4.78 is 5.45. The fraction of sp³-hybridized carbons (Fsp3) is 0.727. The Hall–Kier alpha value is -1.43. The first-order valence-corrected chi connectivity index (χ1v) is 5.96. The van der Waals surface area contributed by atoms with Gasteiger partial charge < -0.3 is 10.1 Å². The fourth-order valence-electron chi connectivity index (χ4n) is 1.41. The zero-order valence-electron chi connectivity index (χ0n) is 10.2. The summed E-state index contributed by atoms with van der Waals surface area (Å²) in [6, 6.07) is 0. The van der Waals surface area contributed by atoms with Crippen molar-refractivity contribution >= 4 is 5.91 Å². The average Bonchev–Trinajstić information content (AvgIpc) is 2.85. The Bertz CT molecular complexity index is 300. The van der Waals surface area contributed by atoms with Crippen LogP contribution in [0.5, 0.6) is 0 Å². The van der Waals surface area contributed by atoms with Crippen LogP contribution in [0.3, 0.4) is 0 Å². The van der Waals surface area contributed by atoms with Crippen LogP contribution in [0, 0.1) is 0 Å². The van der Waals surface area contributed by atoms with E-state index in [9.17, 15) is 4.79 Å². The van der Waals surface area contributed by atoms with E-state index in [-0.39, 0.29) is 5.91 Å². The highest BCUT2D eigenvalue weighted by atomic mass is 16.5. The van der Waals surface area contributed by atoms with Gasteiger partial charge in [0.1, 0.15) is 12.2 Å². The van der Waals surface area contributed by atoms with Crippen molar-refractivity contribution in [3.63, 3.8) is 0 Å². The van der Waals surface area contributed by atoms with Crippen LogP contribution in [0.25, 0.3) is 0 Å². The summed E-state index contributed by atoms with van der Waals surface area (Å²) in [5, 5.41) is 9.23. The molecular weight excluding hydrogens is 220 g/mol. The molecule has 0 spiro atoms. The van der Waals surface area contributed by atoms with Crippen LogP contribution < -0.4 is 5.32 Å². The van der Waals surface area contributed by atoms with Gasteiger partial charge in [-0.2, -0.15) is 5.10 Å². The van der Waals surface area contributed by atoms with Crippen molar-refractivity contribution in [2.75, 3.05) is 20.3 Å². The molecule has 0 aliphatic rings. The zero-order chi connectivity index (χ0) is 12.3. The van der Waals surface area contributed by atoms with E-state index in [0.29, 0.717) is 19.6 Å². The van der Waals surface area contributed by atoms with Crippen molar-refractivity contribution in [1.29, 1.82) is 0 Å². The lowest BCUT2D eigenvalue weighted by atomic mass is 10.2. The van der Waals surface area contributed by atoms with Crippen molar-refractivity contribution < 1.29 is 9.53 Å². The van der Waals surface area contributed by atoms with E-state index in [4.69, 9.17) is 4.74 Å². The average molecular weight is 240 g/mol. The molecule has 0 saturated carbocycles. The highest BCUT2D eigenvalue weighted by Gasteiger charge is 1.98. The summed E-state index contributed by atoms with van der Waals surface area (Å²) in [4.78, 5) is 14.9. The number of nitrogens with zero attached hydrogens (tertiary/aromatic N) is 2. The van der Waals surface area contributed by atoms with Crippen molar-refractivity contribution in [3.8, 4) is 0 Å². The third-order valence-corrected chi connectivity index (χ3v) is 2.38. The van der Waals surface area contributed by atoms with Crippen LogP contribution in [0.15, 0.2) is 6.33 Å². The summed E-state index contributed by atoms with van der Waals surface area (Å²) in [5.41, 5.74) is 0. The van der Waals surface area contributed by atoms with Gasteiger partial charge in [-0.05, 0) is 19.3 Å². The minimum Gasteiger partial charge on any atom is -0.381 e. The number of amides is 1. The monoisotopic (exact) mass is 240 g/mol. The largest absolute Gasteiger partial charge is 0.381 e. The van der Waals surface area contributed by atoms with Crippen molar-refractivity contribution in [2.24, 2.45) is 0 Å². The standard InChI is InChI=1S/C11H20N4O2/c1-12-11(16)6-2-3-7-17-8-4-5-10-13-9-14-15-10/h9H,2-8H2,1H3,(H,12,16)(H,13,14,15). The molecule has 2 N–H and O–H groups in total. The number of unbranched alkanes of at least 4 members (excludes halogenated alkanes) is 1. The second-order valence-electron chi connectivity index (χ2n) is 3.76. The normalized spacial score (nSPS) is 10.4. The molecule has 0 fully saturated rings. The van der Waals surface area contributed by atoms with Crippen LogP contribution in [-0.4, -0.2) is 41.3 Å². The van der Waals surface area contributed by atoms with Crippen molar-refractivity contribution in [2.45, 2.75) is 32.1 Å². The number of aromatic nitrogens is 3. The predicted molar refractivity (Wildman–Crippen MR) is 63.4 cm³/mol. The molecule has 0 aromatic carbocycles. The first-order chi connectivity index (χ1) is 8.33. The first kappa shape index (κ1) is 13.6. The number of H-pyrrole nitrogens is 1. The predicted octanol–water partition coefficient (Wildman–Crippen LogP) is 0.670. The van der Waals surface area contributed by atoms with E-state index in [2.05, 4.69) is 20.5 Å². The second kappa shape index (κ2) is 8.69. The lowest BCUT2D eigenvalue weighted by Gasteiger charge is -2.03. The molecule has 0 radical (unpaired) electrons. The van der Waals surface area contributed by atoms with Gasteiger partial charge in [-0.15, -0.1) is 0 Å². The summed E-state index contributed by atoms with van der Waals surface area (Å²) in [5.74, 6) is 0.919. The minimum absolute atomic E-state index is 0.0922. The molecule has 17 heavy (non-hydrogen) atoms. The Morgan fingerprint density at radius 1 is 1.41 bits per heavy atom. The van der Waals surface area contributed by atoms with Gasteiger partial charge >= 0.3 is 0 Å². The number of carbonyl (C=O) groups is 1. The Labute approximate surface area is 101 Å². The van der Waals surface area contributed by atoms with E-state index in [1.807, 2.05) is 0 Å². The SMILES string of the molecule is CNC(=O)CCCCOCCCc1nc[nH]n1. The number of rotatable bonds is 9. The van der Waals surface area contributed by atoms with Crippen LogP contribution >= 0.6 is 0 Å². The third kappa shape index (κ3) is 6.68. The van der Waals surface area contributed by atoms with Crippen molar-refractivity contribution in [3.05, 3.63) is 12.2 Å². The summed E-state index contributed by atoms with van der Waals surface area (Å²) in [6.07, 6.45) is 5.72. The smallest absolute Gasteiger partial charge is 0.219 e. The molecule has 0 atom stereocenters. The molecule has 1 heterocycles. The Morgan fingerprint density at radius 2 is 2.24 bits per heavy atom. The number of nitrogens with one attached hydrogen (secondary N) is 2. The van der Waals surface area contributed by atoms with Gasteiger partial charge in [0, 0.05) is 33.1 Å². The number of aryl methyl sites for hydroxylation is 1. The molecular formula is C11H20N4O2. The molecule has 0 aliphatic heterocycles. The molecule has 1 rings (SSSR count). The maximum Gasteiger partial charge on any atom is 0.219 e. The molecule has 1 amide bonds. The molecule has 0 bridgehead atoms. The molecule has 1 aromatic heterocycles. The number of hydrogen-bond acceptors (Lipinski definition) is 4. The van der Waals surface area contributed by atoms with Gasteiger partial charge in [0.25, 0.3) is 0 Å². The Morgan fingerprint density at radius 3 is 2.94 bits per heavy atom. The van der Waals surface area contributed by atoms with E-state index in [0.717, 1.165) is 31.5 Å². The number of carbonyl (C=O) groups excluding carboxylic acids is 1. The second-order valence-corrected chi connectivity index (χ2v) is 3.76. The molecule has 0 saturated heterocycles. The van der Waals surface area contributed by atoms with Crippen LogP contribution in [0.4, 0.5) is 0 Å². The maximum atomic E-state index is 10.9. The topological polar surface area (TPSA) is 79.9 Å². The third-order valence-electron chi connectivity index (χ3n) is 2.38. The van der Waals surface area contributed by atoms with E-state index in [1.165, 1.54) is 0 Å². The van der Waals surface area contributed by atoms with Crippen LogP contribution in [0.2, 0.25) is 0 Å². The fourth-order valence-corrected chi connectivity index (χ4v) is 1.41. The minimum atomic E-state index is 0.0922. The molecule has 1 aromatic rings.